The number of thiophene rings is 1. The van der Waals surface area contributed by atoms with Crippen molar-refractivity contribution >= 4 is 11.3 Å². The predicted octanol–water partition coefficient (Wildman–Crippen LogP) is 1.69. The number of aryl methyl sites for hydroxylation is 1. The molecule has 0 unspecified atom stereocenters. The SMILES string of the molecule is Cn1ccc(CCNCc2ccc(C#N)s2)n1. The summed E-state index contributed by atoms with van der Waals surface area (Å²) in [7, 11) is 1.92. The average molecular weight is 246 g/mol. The topological polar surface area (TPSA) is 53.6 Å². The lowest BCUT2D eigenvalue weighted by atomic mass is 10.3. The van der Waals surface area contributed by atoms with Crippen molar-refractivity contribution in [1.82, 2.24) is 15.1 Å². The van der Waals surface area contributed by atoms with E-state index in [1.54, 1.807) is 0 Å². The van der Waals surface area contributed by atoms with Crippen molar-refractivity contribution in [3.63, 3.8) is 0 Å². The number of rotatable bonds is 5. The average Bonchev–Trinajstić information content (AvgIpc) is 2.93. The standard InChI is InChI=1S/C12H14N4S/c1-16-7-5-10(15-16)4-6-14-9-12-3-2-11(8-13)17-12/h2-3,5,7,14H,4,6,9H2,1H3. The Hall–Kier alpha value is -1.64. The number of nitriles is 1. The lowest BCUT2D eigenvalue weighted by molar-refractivity contribution is 0.670. The first kappa shape index (κ1) is 11.8. The van der Waals surface area contributed by atoms with E-state index in [9.17, 15) is 0 Å². The fourth-order valence-electron chi connectivity index (χ4n) is 1.56. The lowest BCUT2D eigenvalue weighted by Crippen LogP contribution is -2.16. The molecule has 0 aliphatic carbocycles. The van der Waals surface area contributed by atoms with Crippen LogP contribution in [0.1, 0.15) is 15.4 Å². The molecule has 88 valence electrons. The van der Waals surface area contributed by atoms with Crippen molar-refractivity contribution in [3.8, 4) is 6.07 Å². The Balaban J connectivity index is 1.71. The number of aromatic nitrogens is 2. The Labute approximate surface area is 105 Å². The summed E-state index contributed by atoms with van der Waals surface area (Å²) in [5.41, 5.74) is 1.10. The van der Waals surface area contributed by atoms with Gasteiger partial charge in [-0.2, -0.15) is 10.4 Å². The number of nitrogens with one attached hydrogen (secondary N) is 1. The maximum absolute atomic E-state index is 8.70. The largest absolute Gasteiger partial charge is 0.311 e. The fourth-order valence-corrected chi connectivity index (χ4v) is 2.33. The van der Waals surface area contributed by atoms with Gasteiger partial charge in [-0.25, -0.2) is 0 Å². The van der Waals surface area contributed by atoms with Crippen LogP contribution in [0.15, 0.2) is 24.4 Å². The molecule has 0 saturated heterocycles. The van der Waals surface area contributed by atoms with Crippen molar-refractivity contribution in [1.29, 1.82) is 5.26 Å². The number of hydrogen-bond acceptors (Lipinski definition) is 4. The van der Waals surface area contributed by atoms with Crippen LogP contribution in [0.5, 0.6) is 0 Å². The van der Waals surface area contributed by atoms with Crippen molar-refractivity contribution in [3.05, 3.63) is 39.8 Å². The van der Waals surface area contributed by atoms with Crippen LogP contribution < -0.4 is 5.32 Å². The molecule has 17 heavy (non-hydrogen) atoms. The fraction of sp³-hybridized carbons (Fsp3) is 0.333. The van der Waals surface area contributed by atoms with E-state index in [0.29, 0.717) is 0 Å². The number of hydrogen-bond donors (Lipinski definition) is 1. The van der Waals surface area contributed by atoms with Gasteiger partial charge in [0.25, 0.3) is 0 Å². The van der Waals surface area contributed by atoms with Gasteiger partial charge in [0, 0.05) is 37.6 Å². The third kappa shape index (κ3) is 3.41. The van der Waals surface area contributed by atoms with E-state index in [1.165, 1.54) is 16.2 Å². The molecule has 4 nitrogen and oxygen atoms in total. The van der Waals surface area contributed by atoms with Crippen LogP contribution >= 0.6 is 11.3 Å². The molecule has 1 N–H and O–H groups in total. The van der Waals surface area contributed by atoms with Crippen molar-refractivity contribution in [2.45, 2.75) is 13.0 Å². The van der Waals surface area contributed by atoms with Gasteiger partial charge in [0.2, 0.25) is 0 Å². The van der Waals surface area contributed by atoms with Crippen molar-refractivity contribution < 1.29 is 0 Å². The monoisotopic (exact) mass is 246 g/mol. The molecule has 0 radical (unpaired) electrons. The van der Waals surface area contributed by atoms with Crippen LogP contribution in [0.4, 0.5) is 0 Å². The zero-order valence-corrected chi connectivity index (χ0v) is 10.5. The Kier molecular flexibility index (Phi) is 3.91. The second kappa shape index (κ2) is 5.62. The quantitative estimate of drug-likeness (QED) is 0.817. The molecular formula is C12H14N4S. The van der Waals surface area contributed by atoms with Gasteiger partial charge in [0.1, 0.15) is 10.9 Å². The minimum Gasteiger partial charge on any atom is -0.311 e. The van der Waals surface area contributed by atoms with Gasteiger partial charge in [-0.1, -0.05) is 0 Å². The zero-order chi connectivity index (χ0) is 12.1. The van der Waals surface area contributed by atoms with Crippen LogP contribution in [-0.4, -0.2) is 16.3 Å². The van der Waals surface area contributed by atoms with Gasteiger partial charge in [0.05, 0.1) is 5.69 Å². The smallest absolute Gasteiger partial charge is 0.110 e. The molecule has 0 amide bonds. The molecular weight excluding hydrogens is 232 g/mol. The van der Waals surface area contributed by atoms with E-state index in [1.807, 2.05) is 36.1 Å². The third-order valence-corrected chi connectivity index (χ3v) is 3.39. The highest BCUT2D eigenvalue weighted by Gasteiger charge is 1.99. The molecule has 0 atom stereocenters. The van der Waals surface area contributed by atoms with E-state index < -0.39 is 0 Å². The highest BCUT2D eigenvalue weighted by atomic mass is 32.1. The maximum atomic E-state index is 8.70. The minimum atomic E-state index is 0.770. The predicted molar refractivity (Wildman–Crippen MR) is 67.7 cm³/mol. The van der Waals surface area contributed by atoms with Gasteiger partial charge < -0.3 is 5.32 Å². The summed E-state index contributed by atoms with van der Waals surface area (Å²) in [5.74, 6) is 0. The lowest BCUT2D eigenvalue weighted by Gasteiger charge is -2.00. The van der Waals surface area contributed by atoms with Gasteiger partial charge in [-0.05, 0) is 18.2 Å². The third-order valence-electron chi connectivity index (χ3n) is 2.40. The van der Waals surface area contributed by atoms with Gasteiger partial charge in [0.15, 0.2) is 0 Å². The summed E-state index contributed by atoms with van der Waals surface area (Å²) in [6, 6.07) is 8.03. The van der Waals surface area contributed by atoms with Gasteiger partial charge in [-0.3, -0.25) is 4.68 Å². The second-order valence-electron chi connectivity index (χ2n) is 3.79. The normalized spacial score (nSPS) is 10.4. The molecule has 0 saturated carbocycles. The van der Waals surface area contributed by atoms with E-state index in [2.05, 4.69) is 16.5 Å². The Morgan fingerprint density at radius 3 is 3.00 bits per heavy atom. The summed E-state index contributed by atoms with van der Waals surface area (Å²) in [6.07, 6.45) is 2.88. The molecule has 2 heterocycles. The van der Waals surface area contributed by atoms with E-state index in [-0.39, 0.29) is 0 Å². The minimum absolute atomic E-state index is 0.770. The highest BCUT2D eigenvalue weighted by molar-refractivity contribution is 7.12. The van der Waals surface area contributed by atoms with Gasteiger partial charge in [-0.15, -0.1) is 11.3 Å². The molecule has 0 aliphatic rings. The van der Waals surface area contributed by atoms with Crippen LogP contribution in [0, 0.1) is 11.3 Å². The first-order chi connectivity index (χ1) is 8.28. The molecule has 0 bridgehead atoms. The molecule has 2 aromatic rings. The Morgan fingerprint density at radius 1 is 1.47 bits per heavy atom. The summed E-state index contributed by atoms with van der Waals surface area (Å²) < 4.78 is 1.81. The molecule has 0 spiro atoms. The van der Waals surface area contributed by atoms with Crippen LogP contribution in [0.2, 0.25) is 0 Å². The molecule has 0 fully saturated rings. The molecule has 2 rings (SSSR count). The highest BCUT2D eigenvalue weighted by Crippen LogP contribution is 2.14. The molecule has 0 aliphatic heterocycles. The Morgan fingerprint density at radius 2 is 2.35 bits per heavy atom. The van der Waals surface area contributed by atoms with Crippen LogP contribution in [0.3, 0.4) is 0 Å². The van der Waals surface area contributed by atoms with Crippen molar-refractivity contribution in [2.75, 3.05) is 6.54 Å². The van der Waals surface area contributed by atoms with Crippen LogP contribution in [-0.2, 0) is 20.0 Å². The second-order valence-corrected chi connectivity index (χ2v) is 4.95. The molecule has 0 aromatic carbocycles. The number of nitrogens with zero attached hydrogens (tertiary/aromatic N) is 3. The van der Waals surface area contributed by atoms with Crippen LogP contribution in [0.25, 0.3) is 0 Å². The molecule has 5 heteroatoms. The summed E-state index contributed by atoms with van der Waals surface area (Å²) in [5, 5.41) is 16.4. The van der Waals surface area contributed by atoms with Gasteiger partial charge >= 0.3 is 0 Å². The van der Waals surface area contributed by atoms with E-state index in [4.69, 9.17) is 5.26 Å². The van der Waals surface area contributed by atoms with E-state index >= 15 is 0 Å². The Bertz CT molecular complexity index is 521. The first-order valence-corrected chi connectivity index (χ1v) is 6.27. The zero-order valence-electron chi connectivity index (χ0n) is 9.68. The molecule has 2 aromatic heterocycles. The maximum Gasteiger partial charge on any atom is 0.110 e. The van der Waals surface area contributed by atoms with Crippen molar-refractivity contribution in [2.24, 2.45) is 7.05 Å². The first-order valence-electron chi connectivity index (χ1n) is 5.46. The summed E-state index contributed by atoms with van der Waals surface area (Å²) in [6.45, 7) is 1.72. The van der Waals surface area contributed by atoms with E-state index in [0.717, 1.165) is 30.1 Å². The summed E-state index contributed by atoms with van der Waals surface area (Å²) >= 11 is 1.54. The summed E-state index contributed by atoms with van der Waals surface area (Å²) in [4.78, 5) is 1.97.